The van der Waals surface area contributed by atoms with Crippen LogP contribution in [0.4, 0.5) is 0 Å². The molecule has 30 heavy (non-hydrogen) atoms. The number of amides is 1. The van der Waals surface area contributed by atoms with Crippen LogP contribution in [0.25, 0.3) is 17.1 Å². The minimum atomic E-state index is -0.720. The van der Waals surface area contributed by atoms with E-state index < -0.39 is 5.54 Å². The molecule has 2 heterocycles. The van der Waals surface area contributed by atoms with Gasteiger partial charge in [-0.2, -0.15) is 5.26 Å². The molecule has 0 aliphatic heterocycles. The minimum absolute atomic E-state index is 0.161. The van der Waals surface area contributed by atoms with Gasteiger partial charge in [-0.15, -0.1) is 10.2 Å². The second-order valence-electron chi connectivity index (χ2n) is 7.41. The molecule has 3 aromatic rings. The molecule has 0 radical (unpaired) electrons. The van der Waals surface area contributed by atoms with Crippen LogP contribution in [0.15, 0.2) is 53.9 Å². The highest BCUT2D eigenvalue weighted by atomic mass is 32.2. The van der Waals surface area contributed by atoms with Crippen molar-refractivity contribution in [2.45, 2.75) is 43.3 Å². The number of hydrogen-bond acceptors (Lipinski definition) is 6. The summed E-state index contributed by atoms with van der Waals surface area (Å²) in [4.78, 5) is 16.8. The van der Waals surface area contributed by atoms with Gasteiger partial charge in [0.15, 0.2) is 11.0 Å². The monoisotopic (exact) mass is 418 g/mol. The van der Waals surface area contributed by atoms with E-state index >= 15 is 0 Å². The lowest BCUT2D eigenvalue weighted by molar-refractivity contribution is -0.119. The van der Waals surface area contributed by atoms with E-state index in [2.05, 4.69) is 26.6 Å². The number of para-hydroxylation sites is 1. The third-order valence-corrected chi connectivity index (χ3v) is 6.22. The Bertz CT molecular complexity index is 1080. The fourth-order valence-electron chi connectivity index (χ4n) is 3.75. The normalized spacial score (nSPS) is 14.9. The van der Waals surface area contributed by atoms with E-state index in [9.17, 15) is 10.1 Å². The van der Waals surface area contributed by atoms with Crippen molar-refractivity contribution in [1.29, 1.82) is 5.26 Å². The number of pyridine rings is 1. The standard InChI is InChI=1S/C22H22N6OS/c1-16-7-2-3-9-18(16)28-20(17-8-6-12-24-13-17)26-27-21(28)30-14-19(29)25-22(15-23)10-4-5-11-22/h2-3,6-9,12-13H,4-5,10-11,14H2,1H3,(H,25,29). The van der Waals surface area contributed by atoms with Crippen LogP contribution >= 0.6 is 11.8 Å². The summed E-state index contributed by atoms with van der Waals surface area (Å²) in [6, 6.07) is 14.1. The molecular formula is C22H22N6OS. The molecule has 0 saturated heterocycles. The fraction of sp³-hybridized carbons (Fsp3) is 0.318. The third kappa shape index (κ3) is 4.07. The van der Waals surface area contributed by atoms with Gasteiger partial charge in [0, 0.05) is 18.0 Å². The summed E-state index contributed by atoms with van der Waals surface area (Å²) in [6.45, 7) is 2.03. The van der Waals surface area contributed by atoms with Crippen LogP contribution in [0.3, 0.4) is 0 Å². The van der Waals surface area contributed by atoms with E-state index in [-0.39, 0.29) is 11.7 Å². The minimum Gasteiger partial charge on any atom is -0.337 e. The van der Waals surface area contributed by atoms with Gasteiger partial charge in [-0.25, -0.2) is 0 Å². The SMILES string of the molecule is Cc1ccccc1-n1c(SCC(=O)NC2(C#N)CCCC2)nnc1-c1cccnc1. The highest BCUT2D eigenvalue weighted by Gasteiger charge is 2.35. The summed E-state index contributed by atoms with van der Waals surface area (Å²) in [6.07, 6.45) is 6.83. The van der Waals surface area contributed by atoms with Crippen LogP contribution in [0.1, 0.15) is 31.2 Å². The predicted molar refractivity (Wildman–Crippen MR) is 115 cm³/mol. The Hall–Kier alpha value is -3.18. The Morgan fingerprint density at radius 1 is 1.23 bits per heavy atom. The number of thioether (sulfide) groups is 1. The maximum Gasteiger partial charge on any atom is 0.231 e. The molecule has 8 heteroatoms. The van der Waals surface area contributed by atoms with Gasteiger partial charge in [-0.1, -0.05) is 30.0 Å². The molecule has 7 nitrogen and oxygen atoms in total. The quantitative estimate of drug-likeness (QED) is 0.614. The van der Waals surface area contributed by atoms with Crippen LogP contribution in [-0.2, 0) is 4.79 Å². The van der Waals surface area contributed by atoms with Crippen LogP contribution in [0.5, 0.6) is 0 Å². The molecule has 1 fully saturated rings. The molecule has 1 aliphatic carbocycles. The Morgan fingerprint density at radius 2 is 2.03 bits per heavy atom. The smallest absolute Gasteiger partial charge is 0.231 e. The van der Waals surface area contributed by atoms with Gasteiger partial charge in [-0.3, -0.25) is 14.3 Å². The average molecular weight is 419 g/mol. The molecule has 1 aliphatic rings. The topological polar surface area (TPSA) is 96.5 Å². The molecule has 1 amide bonds. The first-order chi connectivity index (χ1) is 14.6. The van der Waals surface area contributed by atoms with Crippen molar-refractivity contribution in [3.8, 4) is 23.1 Å². The zero-order valence-electron chi connectivity index (χ0n) is 16.7. The van der Waals surface area contributed by atoms with Crippen molar-refractivity contribution in [3.63, 3.8) is 0 Å². The number of carbonyl (C=O) groups is 1. The zero-order valence-corrected chi connectivity index (χ0v) is 17.5. The van der Waals surface area contributed by atoms with Crippen molar-refractivity contribution >= 4 is 17.7 Å². The number of nitrogens with one attached hydrogen (secondary N) is 1. The van der Waals surface area contributed by atoms with Gasteiger partial charge in [0.05, 0.1) is 17.5 Å². The van der Waals surface area contributed by atoms with Crippen LogP contribution in [0.2, 0.25) is 0 Å². The number of aromatic nitrogens is 4. The number of rotatable bonds is 6. The Morgan fingerprint density at radius 3 is 2.73 bits per heavy atom. The van der Waals surface area contributed by atoms with Gasteiger partial charge in [0.1, 0.15) is 5.54 Å². The van der Waals surface area contributed by atoms with Crippen molar-refractivity contribution in [1.82, 2.24) is 25.1 Å². The molecule has 152 valence electrons. The van der Waals surface area contributed by atoms with E-state index in [0.717, 1.165) is 29.7 Å². The van der Waals surface area contributed by atoms with E-state index in [4.69, 9.17) is 0 Å². The van der Waals surface area contributed by atoms with Crippen molar-refractivity contribution in [3.05, 3.63) is 54.4 Å². The first-order valence-electron chi connectivity index (χ1n) is 9.89. The highest BCUT2D eigenvalue weighted by Crippen LogP contribution is 2.31. The Kier molecular flexibility index (Phi) is 5.81. The second kappa shape index (κ2) is 8.67. The molecule has 1 saturated carbocycles. The highest BCUT2D eigenvalue weighted by molar-refractivity contribution is 7.99. The first-order valence-corrected chi connectivity index (χ1v) is 10.9. The van der Waals surface area contributed by atoms with Crippen LogP contribution < -0.4 is 5.32 Å². The maximum absolute atomic E-state index is 12.6. The molecule has 0 unspecified atom stereocenters. The van der Waals surface area contributed by atoms with Crippen molar-refractivity contribution in [2.24, 2.45) is 0 Å². The van der Waals surface area contributed by atoms with Crippen molar-refractivity contribution in [2.75, 3.05) is 5.75 Å². The molecular weight excluding hydrogens is 396 g/mol. The summed E-state index contributed by atoms with van der Waals surface area (Å²) < 4.78 is 1.96. The van der Waals surface area contributed by atoms with Crippen LogP contribution in [0, 0.1) is 18.3 Å². The van der Waals surface area contributed by atoms with E-state index in [1.807, 2.05) is 47.9 Å². The Balaban J connectivity index is 1.61. The molecule has 0 atom stereocenters. The van der Waals surface area contributed by atoms with Gasteiger partial charge in [-0.05, 0) is 56.4 Å². The number of carbonyl (C=O) groups excluding carboxylic acids is 1. The lowest BCUT2D eigenvalue weighted by Crippen LogP contribution is -2.45. The average Bonchev–Trinajstić information content (AvgIpc) is 3.41. The summed E-state index contributed by atoms with van der Waals surface area (Å²) in [7, 11) is 0. The summed E-state index contributed by atoms with van der Waals surface area (Å²) in [5, 5.41) is 21.8. The predicted octanol–water partition coefficient (Wildman–Crippen LogP) is 3.68. The summed E-state index contributed by atoms with van der Waals surface area (Å²) >= 11 is 1.31. The number of nitrogens with zero attached hydrogens (tertiary/aromatic N) is 5. The number of hydrogen-bond donors (Lipinski definition) is 1. The third-order valence-electron chi connectivity index (χ3n) is 5.29. The van der Waals surface area contributed by atoms with E-state index in [0.29, 0.717) is 23.8 Å². The zero-order chi connectivity index (χ0) is 21.0. The lowest BCUT2D eigenvalue weighted by atomic mass is 10.0. The van der Waals surface area contributed by atoms with Gasteiger partial charge in [0.25, 0.3) is 0 Å². The molecule has 0 bridgehead atoms. The molecule has 2 aromatic heterocycles. The van der Waals surface area contributed by atoms with E-state index in [1.54, 1.807) is 12.4 Å². The molecule has 4 rings (SSSR count). The lowest BCUT2D eigenvalue weighted by Gasteiger charge is -2.21. The maximum atomic E-state index is 12.6. The second-order valence-corrected chi connectivity index (χ2v) is 8.35. The van der Waals surface area contributed by atoms with Crippen molar-refractivity contribution < 1.29 is 4.79 Å². The van der Waals surface area contributed by atoms with Gasteiger partial charge in [0.2, 0.25) is 5.91 Å². The largest absolute Gasteiger partial charge is 0.337 e. The number of aryl methyl sites for hydroxylation is 1. The molecule has 0 spiro atoms. The summed E-state index contributed by atoms with van der Waals surface area (Å²) in [5.74, 6) is 0.677. The van der Waals surface area contributed by atoms with E-state index in [1.165, 1.54) is 11.8 Å². The van der Waals surface area contributed by atoms with Gasteiger partial charge >= 0.3 is 0 Å². The summed E-state index contributed by atoms with van der Waals surface area (Å²) in [5.41, 5.74) is 2.15. The Labute approximate surface area is 179 Å². The van der Waals surface area contributed by atoms with Gasteiger partial charge < -0.3 is 5.32 Å². The molecule has 1 N–H and O–H groups in total. The first kappa shape index (κ1) is 20.1. The number of benzene rings is 1. The molecule has 1 aromatic carbocycles. The van der Waals surface area contributed by atoms with Crippen LogP contribution in [-0.4, -0.2) is 36.9 Å². The number of nitriles is 1. The fourth-order valence-corrected chi connectivity index (χ4v) is 4.50.